The summed E-state index contributed by atoms with van der Waals surface area (Å²) in [5.41, 5.74) is 18.6. The Hall–Kier alpha value is -3.68. The third-order valence-electron chi connectivity index (χ3n) is 8.42. The zero-order chi connectivity index (χ0) is 32.8. The number of nitrogens with two attached hydrogens (primary N) is 2. The van der Waals surface area contributed by atoms with E-state index in [1.807, 2.05) is 24.3 Å². The van der Waals surface area contributed by atoms with Crippen LogP contribution in [0.5, 0.6) is 11.5 Å². The minimum atomic E-state index is -0.00347. The molecule has 0 aliphatic rings. The highest BCUT2D eigenvalue weighted by atomic mass is 16.5. The maximum Gasteiger partial charge on any atom is 0.119 e. The van der Waals surface area contributed by atoms with Crippen molar-refractivity contribution in [3.05, 3.63) is 130 Å². The fraction of sp³-hybridized carbons (Fsp3) is 0.400. The van der Waals surface area contributed by atoms with Crippen LogP contribution in [-0.2, 0) is 39.1 Å². The molecule has 0 atom stereocenters. The van der Waals surface area contributed by atoms with Crippen LogP contribution in [0.15, 0.2) is 97.1 Å². The average molecular weight is 623 g/mol. The summed E-state index contributed by atoms with van der Waals surface area (Å²) >= 11 is 0. The van der Waals surface area contributed by atoms with Gasteiger partial charge in [0.25, 0.3) is 0 Å². The van der Waals surface area contributed by atoms with E-state index in [1.54, 1.807) is 0 Å². The van der Waals surface area contributed by atoms with E-state index in [0.29, 0.717) is 26.3 Å². The Morgan fingerprint density at radius 1 is 0.500 bits per heavy atom. The molecule has 4 aromatic carbocycles. The Balaban J connectivity index is 1.19. The summed E-state index contributed by atoms with van der Waals surface area (Å²) in [6.45, 7) is 13.2. The summed E-state index contributed by atoms with van der Waals surface area (Å²) < 4.78 is 12.1. The van der Waals surface area contributed by atoms with Gasteiger partial charge in [0.2, 0.25) is 0 Å². The fourth-order valence-electron chi connectivity index (χ4n) is 5.31. The van der Waals surface area contributed by atoms with E-state index >= 15 is 0 Å². The van der Waals surface area contributed by atoms with Gasteiger partial charge in [-0.25, -0.2) is 0 Å². The van der Waals surface area contributed by atoms with E-state index in [0.717, 1.165) is 50.3 Å². The van der Waals surface area contributed by atoms with Gasteiger partial charge >= 0.3 is 0 Å². The van der Waals surface area contributed by atoms with Gasteiger partial charge < -0.3 is 31.6 Å². The van der Waals surface area contributed by atoms with Crippen molar-refractivity contribution in [3.8, 4) is 11.5 Å². The van der Waals surface area contributed by atoms with Crippen LogP contribution in [-0.4, -0.2) is 24.2 Å². The van der Waals surface area contributed by atoms with Crippen LogP contribution in [0.4, 0.5) is 0 Å². The normalized spacial score (nSPS) is 11.9. The van der Waals surface area contributed by atoms with Crippen molar-refractivity contribution in [3.63, 3.8) is 0 Å². The van der Waals surface area contributed by atoms with Crippen molar-refractivity contribution < 1.29 is 9.47 Å². The van der Waals surface area contributed by atoms with Gasteiger partial charge in [-0.05, 0) is 124 Å². The summed E-state index contributed by atoms with van der Waals surface area (Å²) in [7, 11) is 0. The number of hydrogen-bond donors (Lipinski definition) is 4. The molecule has 0 aliphatic carbocycles. The van der Waals surface area contributed by atoms with E-state index < -0.39 is 0 Å². The standard InChI is InChI=1S/C40H54N4O2/c1-39(2,43-27-33-7-5-9-35(25-33)29-45-37-15-11-31(12-16-37)19-23-41)21-22-40(3,4)44-28-34-8-6-10-36(26-34)30-46-38-17-13-32(14-18-38)20-24-42/h5-18,25-26,43-44H,19-24,27-30,41-42H2,1-4H3. The van der Waals surface area contributed by atoms with Crippen molar-refractivity contribution >= 4 is 0 Å². The highest BCUT2D eigenvalue weighted by Gasteiger charge is 2.24. The van der Waals surface area contributed by atoms with E-state index in [1.165, 1.54) is 33.4 Å². The molecule has 0 spiro atoms. The lowest BCUT2D eigenvalue weighted by Crippen LogP contribution is -2.44. The van der Waals surface area contributed by atoms with Crippen LogP contribution in [0.25, 0.3) is 0 Å². The molecular formula is C40H54N4O2. The lowest BCUT2D eigenvalue weighted by atomic mass is 9.89. The lowest BCUT2D eigenvalue weighted by molar-refractivity contribution is 0.279. The summed E-state index contributed by atoms with van der Waals surface area (Å²) in [5.74, 6) is 1.76. The van der Waals surface area contributed by atoms with Crippen molar-refractivity contribution in [2.24, 2.45) is 11.5 Å². The monoisotopic (exact) mass is 622 g/mol. The maximum absolute atomic E-state index is 6.04. The number of ether oxygens (including phenoxy) is 2. The average Bonchev–Trinajstić information content (AvgIpc) is 3.06. The van der Waals surface area contributed by atoms with Crippen LogP contribution < -0.4 is 31.6 Å². The topological polar surface area (TPSA) is 94.6 Å². The first-order chi connectivity index (χ1) is 22.1. The number of benzene rings is 4. The molecule has 0 aromatic heterocycles. The maximum atomic E-state index is 6.04. The molecule has 6 nitrogen and oxygen atoms in total. The van der Waals surface area contributed by atoms with Crippen molar-refractivity contribution in [1.82, 2.24) is 10.6 Å². The predicted molar refractivity (Wildman–Crippen MR) is 191 cm³/mol. The first kappa shape index (κ1) is 35.2. The first-order valence-electron chi connectivity index (χ1n) is 16.6. The van der Waals surface area contributed by atoms with Gasteiger partial charge in [0.15, 0.2) is 0 Å². The van der Waals surface area contributed by atoms with Gasteiger partial charge in [0, 0.05) is 24.2 Å². The van der Waals surface area contributed by atoms with Crippen LogP contribution >= 0.6 is 0 Å². The minimum Gasteiger partial charge on any atom is -0.489 e. The molecule has 0 heterocycles. The predicted octanol–water partition coefficient (Wildman–Crippen LogP) is 7.06. The molecule has 4 aromatic rings. The third kappa shape index (κ3) is 12.3. The van der Waals surface area contributed by atoms with Crippen LogP contribution in [0.2, 0.25) is 0 Å². The second-order valence-corrected chi connectivity index (χ2v) is 13.6. The molecule has 0 aliphatic heterocycles. The van der Waals surface area contributed by atoms with Crippen LogP contribution in [0.1, 0.15) is 73.9 Å². The van der Waals surface area contributed by atoms with Crippen LogP contribution in [0.3, 0.4) is 0 Å². The molecule has 6 heteroatoms. The van der Waals surface area contributed by atoms with E-state index in [2.05, 4.69) is 111 Å². The highest BCUT2D eigenvalue weighted by Crippen LogP contribution is 2.22. The molecule has 46 heavy (non-hydrogen) atoms. The third-order valence-corrected chi connectivity index (χ3v) is 8.42. The quantitative estimate of drug-likeness (QED) is 0.0894. The highest BCUT2D eigenvalue weighted by molar-refractivity contribution is 5.30. The molecule has 4 rings (SSSR count). The molecule has 0 fully saturated rings. The number of nitrogens with one attached hydrogen (secondary N) is 2. The fourth-order valence-corrected chi connectivity index (χ4v) is 5.31. The van der Waals surface area contributed by atoms with Gasteiger partial charge in [0.05, 0.1) is 0 Å². The summed E-state index contributed by atoms with van der Waals surface area (Å²) in [5, 5.41) is 7.57. The lowest BCUT2D eigenvalue weighted by Gasteiger charge is -2.33. The number of rotatable bonds is 19. The summed E-state index contributed by atoms with van der Waals surface area (Å²) in [4.78, 5) is 0. The SMILES string of the molecule is CC(C)(CCC(C)(C)NCc1cccc(COc2ccc(CCN)cc2)c1)NCc1cccc(COc2ccc(CCN)cc2)c1. The Bertz CT molecular complexity index is 1350. The molecule has 246 valence electrons. The Morgan fingerprint density at radius 2 is 0.870 bits per heavy atom. The summed E-state index contributed by atoms with van der Waals surface area (Å²) in [6.07, 6.45) is 3.87. The number of hydrogen-bond acceptors (Lipinski definition) is 6. The van der Waals surface area contributed by atoms with E-state index in [4.69, 9.17) is 20.9 Å². The molecule has 0 saturated carbocycles. The molecular weight excluding hydrogens is 568 g/mol. The van der Waals surface area contributed by atoms with Crippen LogP contribution in [0, 0.1) is 0 Å². The largest absolute Gasteiger partial charge is 0.489 e. The summed E-state index contributed by atoms with van der Waals surface area (Å²) in [6, 6.07) is 33.7. The molecule has 0 radical (unpaired) electrons. The van der Waals surface area contributed by atoms with Gasteiger partial charge in [-0.2, -0.15) is 0 Å². The van der Waals surface area contributed by atoms with Gasteiger partial charge in [-0.15, -0.1) is 0 Å². The zero-order valence-corrected chi connectivity index (χ0v) is 28.3. The second kappa shape index (κ2) is 17.3. The van der Waals surface area contributed by atoms with Gasteiger partial charge in [0.1, 0.15) is 24.7 Å². The Morgan fingerprint density at radius 3 is 1.24 bits per heavy atom. The van der Waals surface area contributed by atoms with E-state index in [9.17, 15) is 0 Å². The van der Waals surface area contributed by atoms with Crippen molar-refractivity contribution in [2.75, 3.05) is 13.1 Å². The zero-order valence-electron chi connectivity index (χ0n) is 28.3. The Kier molecular flexibility index (Phi) is 13.2. The molecule has 0 bridgehead atoms. The van der Waals surface area contributed by atoms with Crippen molar-refractivity contribution in [1.29, 1.82) is 0 Å². The second-order valence-electron chi connectivity index (χ2n) is 13.6. The molecule has 0 unspecified atom stereocenters. The Labute approximate surface area is 276 Å². The van der Waals surface area contributed by atoms with E-state index in [-0.39, 0.29) is 11.1 Å². The first-order valence-corrected chi connectivity index (χ1v) is 16.6. The molecule has 6 N–H and O–H groups in total. The van der Waals surface area contributed by atoms with Gasteiger partial charge in [-0.1, -0.05) is 72.8 Å². The minimum absolute atomic E-state index is 0.00347. The molecule has 0 amide bonds. The van der Waals surface area contributed by atoms with Crippen molar-refractivity contribution in [2.45, 2.75) is 90.8 Å². The smallest absolute Gasteiger partial charge is 0.119 e. The van der Waals surface area contributed by atoms with Gasteiger partial charge in [-0.3, -0.25) is 0 Å². The molecule has 0 saturated heterocycles.